The van der Waals surface area contributed by atoms with Crippen LogP contribution in [0.1, 0.15) is 18.7 Å². The molecule has 3 nitrogen and oxygen atoms in total. The lowest BCUT2D eigenvalue weighted by molar-refractivity contribution is 0.265. The zero-order chi connectivity index (χ0) is 10.8. The number of rotatable bonds is 2. The number of thioether (sulfide) groups is 1. The molecule has 0 saturated carbocycles. The van der Waals surface area contributed by atoms with E-state index >= 15 is 0 Å². The zero-order valence-electron chi connectivity index (χ0n) is 9.14. The minimum Gasteiger partial charge on any atom is -0.375 e. The number of thiazole rings is 1. The van der Waals surface area contributed by atoms with Crippen LogP contribution in [0.2, 0.25) is 0 Å². The van der Waals surface area contributed by atoms with Crippen molar-refractivity contribution in [1.29, 1.82) is 0 Å². The SMILES string of the molecule is CC1CN(Cc2cnc(N)s2)CC(C)S1. The maximum Gasteiger partial charge on any atom is 0.180 e. The highest BCUT2D eigenvalue weighted by Gasteiger charge is 2.22. The molecule has 1 aliphatic rings. The predicted octanol–water partition coefficient (Wildman–Crippen LogP) is 2.05. The highest BCUT2D eigenvalue weighted by molar-refractivity contribution is 8.00. The van der Waals surface area contributed by atoms with Gasteiger partial charge in [-0.05, 0) is 0 Å². The van der Waals surface area contributed by atoms with Crippen LogP contribution in [-0.2, 0) is 6.54 Å². The quantitative estimate of drug-likeness (QED) is 0.863. The zero-order valence-corrected chi connectivity index (χ0v) is 10.8. The Bertz CT molecular complexity index is 316. The van der Waals surface area contributed by atoms with Gasteiger partial charge in [0.15, 0.2) is 5.13 Å². The molecule has 0 spiro atoms. The fourth-order valence-electron chi connectivity index (χ4n) is 2.03. The molecule has 84 valence electrons. The summed E-state index contributed by atoms with van der Waals surface area (Å²) in [7, 11) is 0. The van der Waals surface area contributed by atoms with E-state index < -0.39 is 0 Å². The first-order valence-electron chi connectivity index (χ1n) is 5.21. The number of hydrogen-bond donors (Lipinski definition) is 1. The number of nitrogens with two attached hydrogens (primary N) is 1. The van der Waals surface area contributed by atoms with Crippen LogP contribution in [0, 0.1) is 0 Å². The minimum absolute atomic E-state index is 0.678. The van der Waals surface area contributed by atoms with E-state index in [1.165, 1.54) is 18.0 Å². The molecule has 1 saturated heterocycles. The topological polar surface area (TPSA) is 42.2 Å². The number of hydrogen-bond acceptors (Lipinski definition) is 5. The average Bonchev–Trinajstić information content (AvgIpc) is 2.49. The summed E-state index contributed by atoms with van der Waals surface area (Å²) in [4.78, 5) is 7.86. The van der Waals surface area contributed by atoms with Crippen molar-refractivity contribution in [2.45, 2.75) is 30.9 Å². The summed E-state index contributed by atoms with van der Waals surface area (Å²) < 4.78 is 0. The Labute approximate surface area is 99.1 Å². The minimum atomic E-state index is 0.678. The molecule has 0 aliphatic carbocycles. The average molecular weight is 243 g/mol. The first kappa shape index (κ1) is 11.2. The first-order chi connectivity index (χ1) is 7.13. The molecule has 2 unspecified atom stereocenters. The molecule has 1 aromatic heterocycles. The Kier molecular flexibility index (Phi) is 3.53. The lowest BCUT2D eigenvalue weighted by atomic mass is 10.3. The second-order valence-electron chi connectivity index (χ2n) is 4.12. The van der Waals surface area contributed by atoms with Crippen molar-refractivity contribution in [3.63, 3.8) is 0 Å². The Morgan fingerprint density at radius 1 is 1.47 bits per heavy atom. The van der Waals surface area contributed by atoms with Crippen LogP contribution in [0.3, 0.4) is 0 Å². The lowest BCUT2D eigenvalue weighted by Crippen LogP contribution is -2.39. The van der Waals surface area contributed by atoms with Crippen LogP contribution >= 0.6 is 23.1 Å². The normalized spacial score (nSPS) is 28.1. The molecule has 2 N–H and O–H groups in total. The second kappa shape index (κ2) is 4.72. The molecular formula is C10H17N3S2. The van der Waals surface area contributed by atoms with Gasteiger partial charge in [0.1, 0.15) is 0 Å². The van der Waals surface area contributed by atoms with Crippen molar-refractivity contribution in [3.8, 4) is 0 Å². The van der Waals surface area contributed by atoms with E-state index in [0.29, 0.717) is 5.13 Å². The smallest absolute Gasteiger partial charge is 0.180 e. The third kappa shape index (κ3) is 3.09. The Morgan fingerprint density at radius 3 is 2.67 bits per heavy atom. The molecule has 0 amide bonds. The van der Waals surface area contributed by atoms with E-state index in [0.717, 1.165) is 17.0 Å². The predicted molar refractivity (Wildman–Crippen MR) is 68.3 cm³/mol. The number of aromatic nitrogens is 1. The molecule has 1 aromatic rings. The maximum absolute atomic E-state index is 5.62. The molecule has 2 atom stereocenters. The van der Waals surface area contributed by atoms with Crippen molar-refractivity contribution in [1.82, 2.24) is 9.88 Å². The van der Waals surface area contributed by atoms with Gasteiger partial charge in [-0.3, -0.25) is 4.90 Å². The molecule has 2 rings (SSSR count). The van der Waals surface area contributed by atoms with E-state index in [1.807, 2.05) is 6.20 Å². The summed E-state index contributed by atoms with van der Waals surface area (Å²) >= 11 is 3.68. The van der Waals surface area contributed by atoms with Gasteiger partial charge in [-0.25, -0.2) is 4.98 Å². The fraction of sp³-hybridized carbons (Fsp3) is 0.700. The molecule has 15 heavy (non-hydrogen) atoms. The Balaban J connectivity index is 1.94. The van der Waals surface area contributed by atoms with Crippen LogP contribution in [0.15, 0.2) is 6.20 Å². The third-order valence-electron chi connectivity index (χ3n) is 2.45. The molecule has 0 radical (unpaired) electrons. The van der Waals surface area contributed by atoms with Gasteiger partial charge in [0.25, 0.3) is 0 Å². The molecule has 5 heteroatoms. The first-order valence-corrected chi connectivity index (χ1v) is 6.97. The highest BCUT2D eigenvalue weighted by atomic mass is 32.2. The van der Waals surface area contributed by atoms with Gasteiger partial charge < -0.3 is 5.73 Å². The monoisotopic (exact) mass is 243 g/mol. The Morgan fingerprint density at radius 2 is 2.13 bits per heavy atom. The summed E-state index contributed by atoms with van der Waals surface area (Å²) in [5.41, 5.74) is 5.62. The van der Waals surface area contributed by atoms with E-state index in [1.54, 1.807) is 11.3 Å². The van der Waals surface area contributed by atoms with Gasteiger partial charge in [0.05, 0.1) is 0 Å². The molecular weight excluding hydrogens is 226 g/mol. The van der Waals surface area contributed by atoms with Crippen LogP contribution in [0.5, 0.6) is 0 Å². The summed E-state index contributed by atoms with van der Waals surface area (Å²) in [5, 5.41) is 2.15. The summed E-state index contributed by atoms with van der Waals surface area (Å²) in [6.45, 7) is 7.95. The maximum atomic E-state index is 5.62. The van der Waals surface area contributed by atoms with Crippen LogP contribution in [-0.4, -0.2) is 33.5 Å². The van der Waals surface area contributed by atoms with Gasteiger partial charge >= 0.3 is 0 Å². The number of anilines is 1. The van der Waals surface area contributed by atoms with E-state index in [9.17, 15) is 0 Å². The summed E-state index contributed by atoms with van der Waals surface area (Å²) in [5.74, 6) is 0. The van der Waals surface area contributed by atoms with Gasteiger partial charge in [0.2, 0.25) is 0 Å². The summed E-state index contributed by atoms with van der Waals surface area (Å²) in [6.07, 6.45) is 1.90. The highest BCUT2D eigenvalue weighted by Crippen LogP contribution is 2.26. The van der Waals surface area contributed by atoms with Crippen molar-refractivity contribution in [2.24, 2.45) is 0 Å². The van der Waals surface area contributed by atoms with E-state index in [-0.39, 0.29) is 0 Å². The van der Waals surface area contributed by atoms with Crippen molar-refractivity contribution in [2.75, 3.05) is 18.8 Å². The van der Waals surface area contributed by atoms with E-state index in [4.69, 9.17) is 5.73 Å². The molecule has 1 fully saturated rings. The van der Waals surface area contributed by atoms with Gasteiger partial charge in [-0.15, -0.1) is 11.3 Å². The van der Waals surface area contributed by atoms with Crippen molar-refractivity contribution < 1.29 is 0 Å². The van der Waals surface area contributed by atoms with Crippen molar-refractivity contribution in [3.05, 3.63) is 11.1 Å². The summed E-state index contributed by atoms with van der Waals surface area (Å²) in [6, 6.07) is 0. The molecule has 0 bridgehead atoms. The largest absolute Gasteiger partial charge is 0.375 e. The standard InChI is InChI=1S/C10H17N3S2/c1-7-4-13(5-8(2)14-7)6-9-3-12-10(11)15-9/h3,7-8H,4-6H2,1-2H3,(H2,11,12). The molecule has 2 heterocycles. The molecule has 1 aliphatic heterocycles. The molecule has 0 aromatic carbocycles. The Hall–Kier alpha value is -0.260. The van der Waals surface area contributed by atoms with Gasteiger partial charge in [0, 0.05) is 41.2 Å². The van der Waals surface area contributed by atoms with Crippen molar-refractivity contribution >= 4 is 28.2 Å². The van der Waals surface area contributed by atoms with Crippen LogP contribution in [0.25, 0.3) is 0 Å². The fourth-order valence-corrected chi connectivity index (χ4v) is 4.14. The van der Waals surface area contributed by atoms with E-state index in [2.05, 4.69) is 35.5 Å². The lowest BCUT2D eigenvalue weighted by Gasteiger charge is -2.34. The van der Waals surface area contributed by atoms with Gasteiger partial charge in [-0.2, -0.15) is 11.8 Å². The third-order valence-corrected chi connectivity index (χ3v) is 4.48. The number of nitrogen functional groups attached to an aromatic ring is 1. The van der Waals surface area contributed by atoms with Crippen LogP contribution < -0.4 is 5.73 Å². The van der Waals surface area contributed by atoms with Gasteiger partial charge in [-0.1, -0.05) is 13.8 Å². The second-order valence-corrected chi connectivity index (χ2v) is 7.14. The number of nitrogens with zero attached hydrogens (tertiary/aromatic N) is 2. The van der Waals surface area contributed by atoms with Crippen LogP contribution in [0.4, 0.5) is 5.13 Å².